The molecule has 3 aromatic rings. The Labute approximate surface area is 197 Å². The highest BCUT2D eigenvalue weighted by atomic mass is 32.1. The van der Waals surface area contributed by atoms with Gasteiger partial charge in [-0.05, 0) is 36.8 Å². The number of aromatic nitrogens is 1. The van der Waals surface area contributed by atoms with Crippen LogP contribution < -0.4 is 10.1 Å². The first-order valence-electron chi connectivity index (χ1n) is 9.98. The van der Waals surface area contributed by atoms with Crippen molar-refractivity contribution in [2.45, 2.75) is 24.3 Å². The lowest BCUT2D eigenvalue weighted by Crippen LogP contribution is -2.33. The van der Waals surface area contributed by atoms with Crippen LogP contribution in [0.15, 0.2) is 71.8 Å². The van der Waals surface area contributed by atoms with Crippen molar-refractivity contribution in [1.82, 2.24) is 10.3 Å². The molecule has 1 atom stereocenters. The van der Waals surface area contributed by atoms with E-state index in [-0.39, 0.29) is 23.8 Å². The van der Waals surface area contributed by atoms with Crippen LogP contribution in [-0.4, -0.2) is 41.7 Å². The van der Waals surface area contributed by atoms with E-state index in [1.165, 1.54) is 31.5 Å². The molecule has 0 bridgehead atoms. The number of carbonyl (C=O) groups excluding carboxylic acids is 2. The molecule has 0 aliphatic heterocycles. The molecule has 1 amide bonds. The maximum absolute atomic E-state index is 12.9. The van der Waals surface area contributed by atoms with Crippen LogP contribution in [0.1, 0.15) is 23.0 Å². The van der Waals surface area contributed by atoms with Gasteiger partial charge in [-0.1, -0.05) is 30.3 Å². The van der Waals surface area contributed by atoms with Gasteiger partial charge in [0.15, 0.2) is 17.2 Å². The van der Waals surface area contributed by atoms with Gasteiger partial charge in [0.2, 0.25) is 0 Å². The van der Waals surface area contributed by atoms with E-state index in [0.29, 0.717) is 6.42 Å². The molecule has 0 radical (unpaired) electrons. The van der Waals surface area contributed by atoms with Gasteiger partial charge in [0.05, 0.1) is 7.11 Å². The van der Waals surface area contributed by atoms with Crippen molar-refractivity contribution >= 4 is 24.5 Å². The Hall–Kier alpha value is -3.59. The minimum absolute atomic E-state index is 0.0978. The van der Waals surface area contributed by atoms with Crippen molar-refractivity contribution in [3.05, 3.63) is 83.9 Å². The summed E-state index contributed by atoms with van der Waals surface area (Å²) in [5.74, 6) is -2.03. The second kappa shape index (κ2) is 13.1. The van der Waals surface area contributed by atoms with E-state index in [1.807, 2.05) is 30.3 Å². The van der Waals surface area contributed by atoms with Gasteiger partial charge in [-0.2, -0.15) is 0 Å². The second-order valence-electron chi connectivity index (χ2n) is 6.86. The van der Waals surface area contributed by atoms with Gasteiger partial charge in [0.25, 0.3) is 5.91 Å². The van der Waals surface area contributed by atoms with Crippen LogP contribution >= 0.6 is 12.6 Å². The molecule has 174 valence electrons. The summed E-state index contributed by atoms with van der Waals surface area (Å²) in [6.45, 7) is 1.31. The van der Waals surface area contributed by atoms with Crippen molar-refractivity contribution in [2.75, 3.05) is 13.7 Å². The lowest BCUT2D eigenvalue weighted by atomic mass is 10.1. The lowest BCUT2D eigenvalue weighted by Gasteiger charge is -2.14. The molecule has 2 aromatic carbocycles. The first kappa shape index (κ1) is 25.7. The number of ether oxygens (including phenoxy) is 2. The molecule has 33 heavy (non-hydrogen) atoms. The summed E-state index contributed by atoms with van der Waals surface area (Å²) >= 11 is 4.08. The quantitative estimate of drug-likeness (QED) is 0.357. The van der Waals surface area contributed by atoms with Crippen molar-refractivity contribution in [3.8, 4) is 11.5 Å². The summed E-state index contributed by atoms with van der Waals surface area (Å²) in [6.07, 6.45) is 1.27. The third kappa shape index (κ3) is 8.82. The van der Waals surface area contributed by atoms with Crippen LogP contribution in [-0.2, 0) is 16.0 Å². The first-order chi connectivity index (χ1) is 15.8. The summed E-state index contributed by atoms with van der Waals surface area (Å²) in [5, 5.41) is 12.2. The van der Waals surface area contributed by atoms with Crippen LogP contribution in [0, 0.1) is 5.82 Å². The highest BCUT2D eigenvalue weighted by molar-refractivity contribution is 7.80. The fraction of sp³-hybridized carbons (Fsp3) is 0.208. The molecule has 0 saturated carbocycles. The Balaban J connectivity index is 0.000000468. The smallest absolute Gasteiger partial charge is 0.325 e. The van der Waals surface area contributed by atoms with Gasteiger partial charge < -0.3 is 19.9 Å². The van der Waals surface area contributed by atoms with Gasteiger partial charge in [0.1, 0.15) is 18.5 Å². The van der Waals surface area contributed by atoms with E-state index in [2.05, 4.69) is 22.9 Å². The van der Waals surface area contributed by atoms with Crippen LogP contribution in [0.2, 0.25) is 0 Å². The standard InChI is InChI=1S/C18H19FN2O5.C6H6S/c1-11(9-12-3-5-13(19)6-4-12)26-15(22)10-21-18(24)16-17(23)14(25-2)7-8-20-16;7-6-4-2-1-3-5-6/h3-8,11,23H,9-10H2,1-2H3,(H,21,24);1-5,7H. The zero-order valence-corrected chi connectivity index (χ0v) is 19.1. The van der Waals surface area contributed by atoms with Gasteiger partial charge in [-0.3, -0.25) is 9.59 Å². The van der Waals surface area contributed by atoms with Crippen molar-refractivity contribution in [2.24, 2.45) is 0 Å². The molecular formula is C24H25FN2O5S. The molecule has 0 spiro atoms. The molecule has 2 N–H and O–H groups in total. The van der Waals surface area contributed by atoms with E-state index in [1.54, 1.807) is 19.1 Å². The number of thiol groups is 1. The van der Waals surface area contributed by atoms with E-state index in [9.17, 15) is 19.1 Å². The number of esters is 1. The number of hydrogen-bond donors (Lipinski definition) is 3. The van der Waals surface area contributed by atoms with E-state index in [0.717, 1.165) is 10.5 Å². The molecule has 0 aliphatic carbocycles. The maximum atomic E-state index is 12.9. The number of halogens is 1. The number of methoxy groups -OCH3 is 1. The third-order valence-corrected chi connectivity index (χ3v) is 4.54. The van der Waals surface area contributed by atoms with E-state index >= 15 is 0 Å². The maximum Gasteiger partial charge on any atom is 0.325 e. The van der Waals surface area contributed by atoms with Crippen LogP contribution in [0.3, 0.4) is 0 Å². The highest BCUT2D eigenvalue weighted by Gasteiger charge is 2.18. The zero-order valence-electron chi connectivity index (χ0n) is 18.2. The Morgan fingerprint density at radius 2 is 1.79 bits per heavy atom. The van der Waals surface area contributed by atoms with Gasteiger partial charge in [0, 0.05) is 23.6 Å². The normalized spacial score (nSPS) is 10.9. The Morgan fingerprint density at radius 3 is 2.36 bits per heavy atom. The average Bonchev–Trinajstić information content (AvgIpc) is 2.80. The number of nitrogens with one attached hydrogen (secondary N) is 1. The molecule has 0 saturated heterocycles. The van der Waals surface area contributed by atoms with E-state index in [4.69, 9.17) is 9.47 Å². The number of carbonyl (C=O) groups is 2. The molecule has 1 aromatic heterocycles. The second-order valence-corrected chi connectivity index (χ2v) is 7.38. The summed E-state index contributed by atoms with van der Waals surface area (Å²) in [4.78, 5) is 28.6. The lowest BCUT2D eigenvalue weighted by molar-refractivity contribution is -0.146. The number of aromatic hydroxyl groups is 1. The van der Waals surface area contributed by atoms with Crippen LogP contribution in [0.25, 0.3) is 0 Å². The minimum Gasteiger partial charge on any atom is -0.503 e. The average molecular weight is 473 g/mol. The predicted molar refractivity (Wildman–Crippen MR) is 124 cm³/mol. The minimum atomic E-state index is -0.732. The molecule has 3 rings (SSSR count). The third-order valence-electron chi connectivity index (χ3n) is 4.24. The summed E-state index contributed by atoms with van der Waals surface area (Å²) < 4.78 is 23.0. The van der Waals surface area contributed by atoms with Gasteiger partial charge in [-0.25, -0.2) is 9.37 Å². The number of nitrogens with zero attached hydrogens (tertiary/aromatic N) is 1. The molecule has 1 heterocycles. The van der Waals surface area contributed by atoms with Gasteiger partial charge in [-0.15, -0.1) is 12.6 Å². The SMILES string of the molecule is COc1ccnc(C(=O)NCC(=O)OC(C)Cc2ccc(F)cc2)c1O.Sc1ccccc1. The zero-order chi connectivity index (χ0) is 24.2. The fourth-order valence-corrected chi connectivity index (χ4v) is 2.86. The van der Waals surface area contributed by atoms with Crippen molar-refractivity contribution in [1.29, 1.82) is 0 Å². The fourth-order valence-electron chi connectivity index (χ4n) is 2.69. The highest BCUT2D eigenvalue weighted by Crippen LogP contribution is 2.27. The Morgan fingerprint density at radius 1 is 1.12 bits per heavy atom. The molecular weight excluding hydrogens is 447 g/mol. The van der Waals surface area contributed by atoms with Crippen molar-refractivity contribution < 1.29 is 28.6 Å². The summed E-state index contributed by atoms with van der Waals surface area (Å²) in [7, 11) is 1.34. The van der Waals surface area contributed by atoms with Crippen molar-refractivity contribution in [3.63, 3.8) is 0 Å². The number of amides is 1. The Kier molecular flexibility index (Phi) is 10.2. The number of benzene rings is 2. The topological polar surface area (TPSA) is 97.8 Å². The van der Waals surface area contributed by atoms with Crippen LogP contribution in [0.4, 0.5) is 4.39 Å². The first-order valence-corrected chi connectivity index (χ1v) is 10.4. The molecule has 1 unspecified atom stereocenters. The largest absolute Gasteiger partial charge is 0.503 e. The predicted octanol–water partition coefficient (Wildman–Crippen LogP) is 3.81. The number of pyridine rings is 1. The molecule has 0 aliphatic rings. The molecule has 7 nitrogen and oxygen atoms in total. The molecule has 0 fully saturated rings. The summed E-state index contributed by atoms with van der Waals surface area (Å²) in [6, 6.07) is 17.1. The van der Waals surface area contributed by atoms with Crippen LogP contribution in [0.5, 0.6) is 11.5 Å². The van der Waals surface area contributed by atoms with E-state index < -0.39 is 23.7 Å². The summed E-state index contributed by atoms with van der Waals surface area (Å²) in [5.41, 5.74) is 0.567. The number of rotatable bonds is 7. The molecule has 9 heteroatoms. The number of hydrogen-bond acceptors (Lipinski definition) is 7. The monoisotopic (exact) mass is 472 g/mol. The Bertz CT molecular complexity index is 1050. The van der Waals surface area contributed by atoms with Gasteiger partial charge >= 0.3 is 5.97 Å².